The standard InChI is InChI=1S/C20H24N4OS/c1-12-15(4)26-19(21-12)16-8-7-9-17(10-16)20(25)23(5)11-18-13(2)22-24(6)14(18)3/h7-10H,11H2,1-6H3. The number of hydrogen-bond acceptors (Lipinski definition) is 4. The van der Waals surface area contributed by atoms with Crippen LogP contribution in [-0.2, 0) is 13.6 Å². The number of benzene rings is 1. The first-order valence-electron chi connectivity index (χ1n) is 8.57. The van der Waals surface area contributed by atoms with Crippen LogP contribution in [0.2, 0.25) is 0 Å². The van der Waals surface area contributed by atoms with E-state index in [0.717, 1.165) is 33.2 Å². The van der Waals surface area contributed by atoms with Crippen molar-refractivity contribution in [3.8, 4) is 10.6 Å². The van der Waals surface area contributed by atoms with E-state index in [0.29, 0.717) is 12.1 Å². The number of nitrogens with zero attached hydrogens (tertiary/aromatic N) is 4. The quantitative estimate of drug-likeness (QED) is 0.698. The smallest absolute Gasteiger partial charge is 0.253 e. The van der Waals surface area contributed by atoms with Crippen molar-refractivity contribution in [2.24, 2.45) is 7.05 Å². The monoisotopic (exact) mass is 368 g/mol. The van der Waals surface area contributed by atoms with E-state index in [-0.39, 0.29) is 5.91 Å². The lowest BCUT2D eigenvalue weighted by Crippen LogP contribution is -2.26. The molecule has 0 fully saturated rings. The summed E-state index contributed by atoms with van der Waals surface area (Å²) in [5, 5.41) is 5.39. The third-order valence-electron chi connectivity index (χ3n) is 4.79. The third kappa shape index (κ3) is 3.42. The number of thiazole rings is 1. The van der Waals surface area contributed by atoms with Crippen LogP contribution in [0.1, 0.15) is 37.9 Å². The summed E-state index contributed by atoms with van der Waals surface area (Å²) < 4.78 is 1.86. The maximum Gasteiger partial charge on any atom is 0.253 e. The van der Waals surface area contributed by atoms with Gasteiger partial charge in [-0.25, -0.2) is 4.98 Å². The molecule has 26 heavy (non-hydrogen) atoms. The fourth-order valence-corrected chi connectivity index (χ4v) is 3.87. The molecule has 0 unspecified atom stereocenters. The van der Waals surface area contributed by atoms with Crippen LogP contribution in [0.4, 0.5) is 0 Å². The second-order valence-corrected chi connectivity index (χ2v) is 7.88. The molecule has 0 aliphatic carbocycles. The van der Waals surface area contributed by atoms with Gasteiger partial charge in [-0.05, 0) is 39.8 Å². The maximum atomic E-state index is 12.9. The second kappa shape index (κ2) is 7.03. The van der Waals surface area contributed by atoms with Gasteiger partial charge in [-0.3, -0.25) is 9.48 Å². The van der Waals surface area contributed by atoms with Crippen molar-refractivity contribution in [2.75, 3.05) is 7.05 Å². The summed E-state index contributed by atoms with van der Waals surface area (Å²) in [6.45, 7) is 8.63. The predicted molar refractivity (Wildman–Crippen MR) is 106 cm³/mol. The molecule has 3 aromatic rings. The molecule has 0 radical (unpaired) electrons. The summed E-state index contributed by atoms with van der Waals surface area (Å²) in [6.07, 6.45) is 0. The van der Waals surface area contributed by atoms with Crippen molar-refractivity contribution >= 4 is 17.2 Å². The van der Waals surface area contributed by atoms with Crippen LogP contribution >= 0.6 is 11.3 Å². The van der Waals surface area contributed by atoms with Crippen LogP contribution in [0.3, 0.4) is 0 Å². The highest BCUT2D eigenvalue weighted by Gasteiger charge is 2.17. The number of carbonyl (C=O) groups excluding carboxylic acids is 1. The zero-order valence-corrected chi connectivity index (χ0v) is 16.9. The van der Waals surface area contributed by atoms with Crippen LogP contribution in [0.25, 0.3) is 10.6 Å². The number of aromatic nitrogens is 3. The molecule has 0 aliphatic rings. The molecule has 6 heteroatoms. The lowest BCUT2D eigenvalue weighted by Gasteiger charge is -2.18. The van der Waals surface area contributed by atoms with Gasteiger partial charge in [0.2, 0.25) is 0 Å². The van der Waals surface area contributed by atoms with Gasteiger partial charge in [-0.2, -0.15) is 5.10 Å². The molecule has 5 nitrogen and oxygen atoms in total. The minimum absolute atomic E-state index is 0.000460. The third-order valence-corrected chi connectivity index (χ3v) is 5.91. The van der Waals surface area contributed by atoms with Crippen LogP contribution < -0.4 is 0 Å². The lowest BCUT2D eigenvalue weighted by atomic mass is 10.1. The minimum Gasteiger partial charge on any atom is -0.337 e. The SMILES string of the molecule is Cc1nc(-c2cccc(C(=O)N(C)Cc3c(C)nn(C)c3C)c2)sc1C. The van der Waals surface area contributed by atoms with E-state index >= 15 is 0 Å². The summed E-state index contributed by atoms with van der Waals surface area (Å²) >= 11 is 1.66. The molecule has 0 saturated heterocycles. The van der Waals surface area contributed by atoms with E-state index in [4.69, 9.17) is 0 Å². The minimum atomic E-state index is -0.000460. The first-order chi connectivity index (χ1) is 12.3. The van der Waals surface area contributed by atoms with Crippen LogP contribution in [-0.4, -0.2) is 32.6 Å². The molecular weight excluding hydrogens is 344 g/mol. The Balaban J connectivity index is 1.84. The van der Waals surface area contributed by atoms with Crippen molar-refractivity contribution in [1.29, 1.82) is 0 Å². The molecule has 1 aromatic carbocycles. The molecule has 0 saturated carbocycles. The summed E-state index contributed by atoms with van der Waals surface area (Å²) in [5.74, 6) is -0.000460. The van der Waals surface area contributed by atoms with Crippen molar-refractivity contribution < 1.29 is 4.79 Å². The average molecular weight is 369 g/mol. The van der Waals surface area contributed by atoms with Crippen molar-refractivity contribution in [2.45, 2.75) is 34.2 Å². The Labute approximate surface area is 158 Å². The number of aryl methyl sites for hydroxylation is 4. The molecule has 2 heterocycles. The summed E-state index contributed by atoms with van der Waals surface area (Å²) in [7, 11) is 3.76. The summed E-state index contributed by atoms with van der Waals surface area (Å²) in [4.78, 5) is 20.5. The zero-order chi connectivity index (χ0) is 19.0. The van der Waals surface area contributed by atoms with E-state index in [1.54, 1.807) is 16.2 Å². The van der Waals surface area contributed by atoms with Gasteiger partial charge in [0.25, 0.3) is 5.91 Å². The fourth-order valence-electron chi connectivity index (χ4n) is 2.96. The van der Waals surface area contributed by atoms with Crippen LogP contribution in [0.5, 0.6) is 0 Å². The topological polar surface area (TPSA) is 51.0 Å². The van der Waals surface area contributed by atoms with Crippen LogP contribution in [0, 0.1) is 27.7 Å². The number of carbonyl (C=O) groups is 1. The largest absolute Gasteiger partial charge is 0.337 e. The summed E-state index contributed by atoms with van der Waals surface area (Å²) in [6, 6.07) is 7.71. The normalized spacial score (nSPS) is 11.0. The Bertz CT molecular complexity index is 951. The van der Waals surface area contributed by atoms with E-state index in [1.165, 1.54) is 4.88 Å². The Morgan fingerprint density at radius 1 is 1.19 bits per heavy atom. The van der Waals surface area contributed by atoms with Gasteiger partial charge in [0.05, 0.1) is 11.4 Å². The Hall–Kier alpha value is -2.47. The van der Waals surface area contributed by atoms with Gasteiger partial charge >= 0.3 is 0 Å². The van der Waals surface area contributed by atoms with Crippen LogP contribution in [0.15, 0.2) is 24.3 Å². The Morgan fingerprint density at radius 3 is 2.50 bits per heavy atom. The number of rotatable bonds is 4. The van der Waals surface area contributed by atoms with Crippen molar-refractivity contribution in [3.63, 3.8) is 0 Å². The Kier molecular flexibility index (Phi) is 4.96. The molecule has 0 spiro atoms. The molecule has 136 valence electrons. The van der Waals surface area contributed by atoms with Gasteiger partial charge in [0, 0.05) is 47.9 Å². The molecule has 2 aromatic heterocycles. The average Bonchev–Trinajstić information content (AvgIpc) is 3.07. The molecule has 0 aliphatic heterocycles. The molecule has 1 amide bonds. The number of hydrogen-bond donors (Lipinski definition) is 0. The van der Waals surface area contributed by atoms with Gasteiger partial charge in [0.15, 0.2) is 0 Å². The molecule has 0 N–H and O–H groups in total. The van der Waals surface area contributed by atoms with E-state index in [1.807, 2.05) is 63.8 Å². The van der Waals surface area contributed by atoms with Gasteiger partial charge in [0.1, 0.15) is 5.01 Å². The Morgan fingerprint density at radius 2 is 1.92 bits per heavy atom. The van der Waals surface area contributed by atoms with Gasteiger partial charge < -0.3 is 4.90 Å². The fraction of sp³-hybridized carbons (Fsp3) is 0.350. The van der Waals surface area contributed by atoms with Crippen molar-refractivity contribution in [1.82, 2.24) is 19.7 Å². The van der Waals surface area contributed by atoms with E-state index < -0.39 is 0 Å². The highest BCUT2D eigenvalue weighted by atomic mass is 32.1. The predicted octanol–water partition coefficient (Wildman–Crippen LogP) is 4.05. The molecule has 0 bridgehead atoms. The van der Waals surface area contributed by atoms with Gasteiger partial charge in [-0.15, -0.1) is 11.3 Å². The van der Waals surface area contributed by atoms with E-state index in [2.05, 4.69) is 17.0 Å². The molecule has 0 atom stereocenters. The van der Waals surface area contributed by atoms with Crippen molar-refractivity contribution in [3.05, 3.63) is 57.4 Å². The first kappa shape index (κ1) is 18.3. The first-order valence-corrected chi connectivity index (χ1v) is 9.38. The second-order valence-electron chi connectivity index (χ2n) is 6.68. The maximum absolute atomic E-state index is 12.9. The van der Waals surface area contributed by atoms with Gasteiger partial charge in [-0.1, -0.05) is 12.1 Å². The number of amides is 1. The molecule has 3 rings (SSSR count). The summed E-state index contributed by atoms with van der Waals surface area (Å²) in [5.41, 5.74) is 5.86. The van der Waals surface area contributed by atoms with E-state index in [9.17, 15) is 4.79 Å². The highest BCUT2D eigenvalue weighted by Crippen LogP contribution is 2.28. The highest BCUT2D eigenvalue weighted by molar-refractivity contribution is 7.15. The lowest BCUT2D eigenvalue weighted by molar-refractivity contribution is 0.0785. The molecular formula is C20H24N4OS. The zero-order valence-electron chi connectivity index (χ0n) is 16.1.